The van der Waals surface area contributed by atoms with E-state index in [2.05, 4.69) is 15.3 Å². The zero-order valence-corrected chi connectivity index (χ0v) is 17.1. The van der Waals surface area contributed by atoms with Crippen LogP contribution in [0.3, 0.4) is 0 Å². The van der Waals surface area contributed by atoms with E-state index in [1.165, 1.54) is 11.3 Å². The Morgan fingerprint density at radius 2 is 2.04 bits per heavy atom. The van der Waals surface area contributed by atoms with Crippen LogP contribution in [0.2, 0.25) is 0 Å². The Morgan fingerprint density at radius 1 is 1.25 bits per heavy atom. The molecule has 1 aromatic carbocycles. The Morgan fingerprint density at radius 3 is 2.82 bits per heavy atom. The summed E-state index contributed by atoms with van der Waals surface area (Å²) in [5.41, 5.74) is 1.75. The number of rotatable bonds is 9. The number of likely N-dealkylation sites (N-methyl/N-ethyl adjacent to an activating group) is 1. The van der Waals surface area contributed by atoms with Gasteiger partial charge in [-0.15, -0.1) is 11.3 Å². The molecule has 3 aromatic rings. The summed E-state index contributed by atoms with van der Waals surface area (Å²) >= 11 is 1.24. The SMILES string of the molecule is Cc1sc(C(=O)c2c[nH]c3ccccc23)nc1C(=O)NCCOCCN(C)C. The second-order valence-corrected chi connectivity index (χ2v) is 7.88. The monoisotopic (exact) mass is 400 g/mol. The molecule has 0 aliphatic heterocycles. The molecule has 148 valence electrons. The third kappa shape index (κ3) is 4.64. The molecule has 0 radical (unpaired) electrons. The molecule has 0 bridgehead atoms. The number of carbonyl (C=O) groups is 2. The Labute approximate surface area is 167 Å². The maximum atomic E-state index is 12.9. The van der Waals surface area contributed by atoms with E-state index in [0.717, 1.165) is 17.4 Å². The fourth-order valence-corrected chi connectivity index (χ4v) is 3.61. The number of carbonyl (C=O) groups excluding carboxylic acids is 2. The molecule has 2 aromatic heterocycles. The van der Waals surface area contributed by atoms with E-state index in [9.17, 15) is 9.59 Å². The van der Waals surface area contributed by atoms with Gasteiger partial charge in [0.25, 0.3) is 5.91 Å². The van der Waals surface area contributed by atoms with Crippen molar-refractivity contribution in [1.82, 2.24) is 20.2 Å². The van der Waals surface area contributed by atoms with Crippen molar-refractivity contribution in [1.29, 1.82) is 0 Å². The molecule has 8 heteroatoms. The molecule has 0 fully saturated rings. The molecule has 0 spiro atoms. The Bertz CT molecular complexity index is 977. The maximum absolute atomic E-state index is 12.9. The van der Waals surface area contributed by atoms with Gasteiger partial charge in [-0.25, -0.2) is 4.98 Å². The first-order valence-electron chi connectivity index (χ1n) is 9.06. The molecule has 0 unspecified atom stereocenters. The van der Waals surface area contributed by atoms with Crippen molar-refractivity contribution >= 4 is 33.9 Å². The van der Waals surface area contributed by atoms with Crippen LogP contribution in [0.15, 0.2) is 30.5 Å². The molecular weight excluding hydrogens is 376 g/mol. The van der Waals surface area contributed by atoms with Crippen LogP contribution in [0.4, 0.5) is 0 Å². The Balaban J connectivity index is 1.62. The number of para-hydroxylation sites is 1. The van der Waals surface area contributed by atoms with Gasteiger partial charge in [0.05, 0.1) is 18.8 Å². The molecule has 0 saturated carbocycles. The zero-order valence-electron chi connectivity index (χ0n) is 16.2. The van der Waals surface area contributed by atoms with E-state index in [1.807, 2.05) is 43.3 Å². The van der Waals surface area contributed by atoms with Gasteiger partial charge in [-0.3, -0.25) is 9.59 Å². The van der Waals surface area contributed by atoms with Gasteiger partial charge < -0.3 is 19.9 Å². The molecule has 2 N–H and O–H groups in total. The minimum atomic E-state index is -0.289. The Kier molecular flexibility index (Phi) is 6.56. The molecule has 0 saturated heterocycles. The molecule has 7 nitrogen and oxygen atoms in total. The molecular formula is C20H24N4O3S. The average molecular weight is 401 g/mol. The molecule has 0 aliphatic rings. The summed E-state index contributed by atoms with van der Waals surface area (Å²) in [7, 11) is 3.95. The van der Waals surface area contributed by atoms with Gasteiger partial charge in [0.2, 0.25) is 5.78 Å². The van der Waals surface area contributed by atoms with Gasteiger partial charge in [-0.1, -0.05) is 18.2 Å². The minimum Gasteiger partial charge on any atom is -0.378 e. The minimum absolute atomic E-state index is 0.184. The van der Waals surface area contributed by atoms with Crippen molar-refractivity contribution in [3.8, 4) is 0 Å². The van der Waals surface area contributed by atoms with Gasteiger partial charge in [0.1, 0.15) is 5.69 Å². The molecule has 28 heavy (non-hydrogen) atoms. The fraction of sp³-hybridized carbons (Fsp3) is 0.350. The van der Waals surface area contributed by atoms with Crippen LogP contribution in [-0.4, -0.2) is 67.0 Å². The number of nitrogens with one attached hydrogen (secondary N) is 2. The summed E-state index contributed by atoms with van der Waals surface area (Å²) in [5, 5.41) is 3.96. The summed E-state index contributed by atoms with van der Waals surface area (Å²) in [6.07, 6.45) is 1.69. The third-order valence-corrected chi connectivity index (χ3v) is 5.22. The predicted octanol–water partition coefficient (Wildman–Crippen LogP) is 2.47. The van der Waals surface area contributed by atoms with Crippen molar-refractivity contribution in [2.24, 2.45) is 0 Å². The van der Waals surface area contributed by atoms with Crippen LogP contribution in [-0.2, 0) is 4.74 Å². The maximum Gasteiger partial charge on any atom is 0.271 e. The number of hydrogen-bond donors (Lipinski definition) is 2. The van der Waals surface area contributed by atoms with Crippen LogP contribution < -0.4 is 5.32 Å². The topological polar surface area (TPSA) is 87.3 Å². The first-order valence-corrected chi connectivity index (χ1v) is 9.88. The van der Waals surface area contributed by atoms with E-state index in [4.69, 9.17) is 4.74 Å². The third-order valence-electron chi connectivity index (χ3n) is 4.25. The Hall–Kier alpha value is -2.55. The smallest absolute Gasteiger partial charge is 0.271 e. The summed E-state index contributed by atoms with van der Waals surface area (Å²) in [4.78, 5) is 35.4. The number of ether oxygens (including phenoxy) is 1. The largest absolute Gasteiger partial charge is 0.378 e. The number of amides is 1. The van der Waals surface area contributed by atoms with Gasteiger partial charge in [0.15, 0.2) is 5.01 Å². The van der Waals surface area contributed by atoms with Crippen molar-refractivity contribution in [2.75, 3.05) is 40.4 Å². The average Bonchev–Trinajstić information content (AvgIpc) is 3.27. The van der Waals surface area contributed by atoms with Crippen LogP contribution in [0.1, 0.15) is 30.7 Å². The summed E-state index contributed by atoms with van der Waals surface area (Å²) in [6, 6.07) is 7.61. The number of thiazole rings is 1. The van der Waals surface area contributed by atoms with Gasteiger partial charge >= 0.3 is 0 Å². The molecule has 0 atom stereocenters. The van der Waals surface area contributed by atoms with Crippen LogP contribution in [0, 0.1) is 6.92 Å². The molecule has 3 rings (SSSR count). The number of aromatic amines is 1. The normalized spacial score (nSPS) is 11.3. The highest BCUT2D eigenvalue weighted by Crippen LogP contribution is 2.24. The highest BCUT2D eigenvalue weighted by Gasteiger charge is 2.22. The number of aryl methyl sites for hydroxylation is 1. The molecule has 1 amide bonds. The lowest BCUT2D eigenvalue weighted by Gasteiger charge is -2.10. The molecule has 2 heterocycles. The first kappa shape index (κ1) is 20.2. The lowest BCUT2D eigenvalue weighted by atomic mass is 10.1. The zero-order chi connectivity index (χ0) is 20.1. The number of fused-ring (bicyclic) bond motifs is 1. The quantitative estimate of drug-likeness (QED) is 0.426. The van der Waals surface area contributed by atoms with Gasteiger partial charge in [-0.2, -0.15) is 0 Å². The highest BCUT2D eigenvalue weighted by molar-refractivity contribution is 7.14. The summed E-state index contributed by atoms with van der Waals surface area (Å²) < 4.78 is 5.46. The number of ketones is 1. The number of H-pyrrole nitrogens is 1. The standard InChI is InChI=1S/C20H24N4O3S/c1-13-17(19(26)21-8-10-27-11-9-24(2)3)23-20(28-13)18(25)15-12-22-16-7-5-4-6-14(15)16/h4-7,12,22H,8-11H2,1-3H3,(H,21,26). The van der Waals surface area contributed by atoms with Crippen molar-refractivity contribution in [3.05, 3.63) is 51.6 Å². The second kappa shape index (κ2) is 9.09. The lowest BCUT2D eigenvalue weighted by molar-refractivity contribution is 0.0896. The number of nitrogens with zero attached hydrogens (tertiary/aromatic N) is 2. The number of benzene rings is 1. The second-order valence-electron chi connectivity index (χ2n) is 6.67. The number of hydrogen-bond acceptors (Lipinski definition) is 6. The highest BCUT2D eigenvalue weighted by atomic mass is 32.1. The number of aromatic nitrogens is 2. The van der Waals surface area contributed by atoms with E-state index in [1.54, 1.807) is 13.1 Å². The summed E-state index contributed by atoms with van der Waals surface area (Å²) in [6.45, 7) is 4.07. The lowest BCUT2D eigenvalue weighted by Crippen LogP contribution is -2.29. The fourth-order valence-electron chi connectivity index (χ4n) is 2.75. The van der Waals surface area contributed by atoms with Crippen molar-refractivity contribution in [3.63, 3.8) is 0 Å². The molecule has 0 aliphatic carbocycles. The van der Waals surface area contributed by atoms with Gasteiger partial charge in [0, 0.05) is 35.1 Å². The van der Waals surface area contributed by atoms with Crippen molar-refractivity contribution < 1.29 is 14.3 Å². The van der Waals surface area contributed by atoms with Crippen LogP contribution in [0.25, 0.3) is 10.9 Å². The van der Waals surface area contributed by atoms with E-state index >= 15 is 0 Å². The van der Waals surface area contributed by atoms with E-state index in [0.29, 0.717) is 40.9 Å². The van der Waals surface area contributed by atoms with E-state index in [-0.39, 0.29) is 11.7 Å². The van der Waals surface area contributed by atoms with Crippen LogP contribution >= 0.6 is 11.3 Å². The van der Waals surface area contributed by atoms with Crippen molar-refractivity contribution in [2.45, 2.75) is 6.92 Å². The van der Waals surface area contributed by atoms with E-state index < -0.39 is 0 Å². The summed E-state index contributed by atoms with van der Waals surface area (Å²) in [5.74, 6) is -0.473. The van der Waals surface area contributed by atoms with Crippen LogP contribution in [0.5, 0.6) is 0 Å². The van der Waals surface area contributed by atoms with Gasteiger partial charge in [-0.05, 0) is 27.1 Å². The first-order chi connectivity index (χ1) is 13.5. The predicted molar refractivity (Wildman–Crippen MR) is 110 cm³/mol.